The minimum Gasteiger partial charge on any atom is -0.354 e. The number of carbonyl (C=O) groups excluding carboxylic acids is 1. The fraction of sp³-hybridized carbons (Fsp3) is 0.381. The van der Waals surface area contributed by atoms with Gasteiger partial charge >= 0.3 is 0 Å². The molecule has 0 aliphatic carbocycles. The zero-order valence-corrected chi connectivity index (χ0v) is 17.0. The summed E-state index contributed by atoms with van der Waals surface area (Å²) in [6.45, 7) is 5.79. The number of amides is 1. The first kappa shape index (κ1) is 18.5. The number of hydrogen-bond acceptors (Lipinski definition) is 7. The predicted octanol–water partition coefficient (Wildman–Crippen LogP) is 1.85. The van der Waals surface area contributed by atoms with Crippen LogP contribution in [0.3, 0.4) is 0 Å². The second-order valence-electron chi connectivity index (χ2n) is 7.68. The summed E-state index contributed by atoms with van der Waals surface area (Å²) in [5.74, 6) is 1.49. The van der Waals surface area contributed by atoms with Gasteiger partial charge in [-0.3, -0.25) is 14.5 Å². The highest BCUT2D eigenvalue weighted by atomic mass is 16.2. The van der Waals surface area contributed by atoms with Crippen LogP contribution in [0.25, 0.3) is 5.65 Å². The van der Waals surface area contributed by atoms with E-state index < -0.39 is 0 Å². The molecule has 0 aromatic carbocycles. The van der Waals surface area contributed by atoms with Crippen molar-refractivity contribution in [3.05, 3.63) is 52.1 Å². The molecule has 2 aliphatic rings. The lowest BCUT2D eigenvalue weighted by Crippen LogP contribution is -2.41. The molecular formula is C21H23N7O2. The highest BCUT2D eigenvalue weighted by Crippen LogP contribution is 2.33. The Morgan fingerprint density at radius 1 is 1.23 bits per heavy atom. The zero-order chi connectivity index (χ0) is 20.8. The van der Waals surface area contributed by atoms with Crippen molar-refractivity contribution < 1.29 is 4.79 Å². The lowest BCUT2D eigenvalue weighted by atomic mass is 10.2. The van der Waals surface area contributed by atoms with Gasteiger partial charge < -0.3 is 10.2 Å². The molecular weight excluding hydrogens is 382 g/mol. The maximum absolute atomic E-state index is 13.6. The van der Waals surface area contributed by atoms with Crippen molar-refractivity contribution in [1.29, 1.82) is 0 Å². The van der Waals surface area contributed by atoms with E-state index in [0.29, 0.717) is 47.6 Å². The van der Waals surface area contributed by atoms with Gasteiger partial charge in [-0.1, -0.05) is 6.07 Å². The number of anilines is 3. The minimum atomic E-state index is -0.206. The summed E-state index contributed by atoms with van der Waals surface area (Å²) in [6, 6.07) is 7.01. The Morgan fingerprint density at radius 2 is 2.10 bits per heavy atom. The van der Waals surface area contributed by atoms with Crippen LogP contribution in [0, 0.1) is 6.92 Å². The van der Waals surface area contributed by atoms with Gasteiger partial charge in [0.15, 0.2) is 0 Å². The van der Waals surface area contributed by atoms with Crippen LogP contribution >= 0.6 is 0 Å². The third-order valence-corrected chi connectivity index (χ3v) is 5.69. The fourth-order valence-corrected chi connectivity index (χ4v) is 4.39. The maximum atomic E-state index is 13.6. The molecule has 1 saturated heterocycles. The minimum absolute atomic E-state index is 0.129. The molecule has 3 aromatic rings. The molecule has 154 valence electrons. The van der Waals surface area contributed by atoms with Gasteiger partial charge in [0.1, 0.15) is 22.8 Å². The third kappa shape index (κ3) is 2.89. The monoisotopic (exact) mass is 405 g/mol. The Kier molecular flexibility index (Phi) is 4.38. The van der Waals surface area contributed by atoms with E-state index in [9.17, 15) is 9.59 Å². The van der Waals surface area contributed by atoms with Crippen molar-refractivity contribution in [1.82, 2.24) is 19.4 Å². The summed E-state index contributed by atoms with van der Waals surface area (Å²) in [4.78, 5) is 43.7. The van der Waals surface area contributed by atoms with Crippen LogP contribution in [-0.2, 0) is 0 Å². The van der Waals surface area contributed by atoms with Crippen molar-refractivity contribution in [3.63, 3.8) is 0 Å². The average molecular weight is 405 g/mol. The molecule has 2 aliphatic heterocycles. The quantitative estimate of drug-likeness (QED) is 0.710. The highest BCUT2D eigenvalue weighted by molar-refractivity contribution is 6.09. The second kappa shape index (κ2) is 7.08. The molecule has 0 radical (unpaired) electrons. The summed E-state index contributed by atoms with van der Waals surface area (Å²) in [6.07, 6.45) is 3.58. The van der Waals surface area contributed by atoms with Crippen molar-refractivity contribution in [2.45, 2.75) is 32.7 Å². The van der Waals surface area contributed by atoms with Crippen LogP contribution in [0.4, 0.5) is 17.6 Å². The summed E-state index contributed by atoms with van der Waals surface area (Å²) in [5.41, 5.74) is 1.42. The smallest absolute Gasteiger partial charge is 0.264 e. The summed E-state index contributed by atoms with van der Waals surface area (Å²) < 4.78 is 1.50. The summed E-state index contributed by atoms with van der Waals surface area (Å²) >= 11 is 0. The molecule has 9 nitrogen and oxygen atoms in total. The van der Waals surface area contributed by atoms with Gasteiger partial charge in [0.2, 0.25) is 5.95 Å². The van der Waals surface area contributed by atoms with Crippen molar-refractivity contribution in [2.75, 3.05) is 34.8 Å². The maximum Gasteiger partial charge on any atom is 0.264 e. The van der Waals surface area contributed by atoms with E-state index in [-0.39, 0.29) is 17.5 Å². The number of aromatic nitrogens is 4. The Hall–Kier alpha value is -3.49. The Morgan fingerprint density at radius 3 is 2.93 bits per heavy atom. The number of fused-ring (bicyclic) bond motifs is 4. The molecule has 0 saturated carbocycles. The average Bonchev–Trinajstić information content (AvgIpc) is 3.15. The van der Waals surface area contributed by atoms with Crippen molar-refractivity contribution in [2.24, 2.45) is 0 Å². The first-order valence-electron chi connectivity index (χ1n) is 10.3. The first-order valence-corrected chi connectivity index (χ1v) is 10.3. The van der Waals surface area contributed by atoms with Gasteiger partial charge in [-0.05, 0) is 38.8 Å². The molecule has 3 aromatic heterocycles. The topological polar surface area (TPSA) is 95.7 Å². The molecule has 9 heteroatoms. The van der Waals surface area contributed by atoms with Gasteiger partial charge in [-0.15, -0.1) is 0 Å². The van der Waals surface area contributed by atoms with Crippen LogP contribution in [0.5, 0.6) is 0 Å². The normalized spacial score (nSPS) is 18.3. The lowest BCUT2D eigenvalue weighted by molar-refractivity contribution is 0.0987. The van der Waals surface area contributed by atoms with Gasteiger partial charge in [-0.2, -0.15) is 4.98 Å². The number of hydrogen-bond donors (Lipinski definition) is 1. The number of rotatable bonds is 3. The molecule has 30 heavy (non-hydrogen) atoms. The number of pyridine rings is 1. The number of nitrogens with zero attached hydrogens (tertiary/aromatic N) is 6. The van der Waals surface area contributed by atoms with Crippen molar-refractivity contribution >= 4 is 29.1 Å². The van der Waals surface area contributed by atoms with E-state index >= 15 is 0 Å². The van der Waals surface area contributed by atoms with E-state index in [1.54, 1.807) is 30.2 Å². The standard InChI is InChI=1S/C21H23N7O2/c1-3-22-21-23-11-15-19(25-21)26-9-5-6-14(26)12-27(20(15)30)17-8-4-7-16-24-13(2)10-18(29)28(16)17/h4,7-8,10-11,14H,3,5-6,9,12H2,1-2H3,(H,22,23,25)/t14-/m0/s1. The van der Waals surface area contributed by atoms with Gasteiger partial charge in [0.05, 0.1) is 0 Å². The Balaban J connectivity index is 1.69. The molecule has 0 spiro atoms. The number of aryl methyl sites for hydroxylation is 1. The number of carbonyl (C=O) groups is 1. The SMILES string of the molecule is CCNc1ncc2c(n1)N1CCC[C@H]1CN(c1cccc3nc(C)cc(=O)n13)C2=O. The van der Waals surface area contributed by atoms with Crippen LogP contribution in [-0.4, -0.2) is 50.9 Å². The molecule has 1 fully saturated rings. The molecule has 1 atom stereocenters. The van der Waals surface area contributed by atoms with Crippen LogP contribution in [0.2, 0.25) is 0 Å². The Bertz CT molecular complexity index is 1210. The van der Waals surface area contributed by atoms with E-state index in [1.807, 2.05) is 13.0 Å². The largest absolute Gasteiger partial charge is 0.354 e. The molecule has 0 unspecified atom stereocenters. The summed E-state index contributed by atoms with van der Waals surface area (Å²) in [5, 5.41) is 3.13. The molecule has 1 N–H and O–H groups in total. The van der Waals surface area contributed by atoms with Crippen molar-refractivity contribution in [3.8, 4) is 0 Å². The van der Waals surface area contributed by atoms with E-state index in [0.717, 1.165) is 19.4 Å². The predicted molar refractivity (Wildman–Crippen MR) is 114 cm³/mol. The molecule has 1 amide bonds. The van der Waals surface area contributed by atoms with E-state index in [4.69, 9.17) is 0 Å². The van der Waals surface area contributed by atoms with E-state index in [2.05, 4.69) is 25.2 Å². The lowest BCUT2D eigenvalue weighted by Gasteiger charge is -2.27. The fourth-order valence-electron chi connectivity index (χ4n) is 4.39. The van der Waals surface area contributed by atoms with Gasteiger partial charge in [0.25, 0.3) is 11.5 Å². The second-order valence-corrected chi connectivity index (χ2v) is 7.68. The zero-order valence-electron chi connectivity index (χ0n) is 17.0. The van der Waals surface area contributed by atoms with E-state index in [1.165, 1.54) is 10.5 Å². The van der Waals surface area contributed by atoms with Crippen LogP contribution < -0.4 is 20.7 Å². The highest BCUT2D eigenvalue weighted by Gasteiger charge is 2.38. The molecule has 5 heterocycles. The first-order chi connectivity index (χ1) is 14.6. The number of nitrogens with one attached hydrogen (secondary N) is 1. The molecule has 0 bridgehead atoms. The van der Waals surface area contributed by atoms with Crippen LogP contribution in [0.15, 0.2) is 35.3 Å². The van der Waals surface area contributed by atoms with Gasteiger partial charge in [-0.25, -0.2) is 14.4 Å². The van der Waals surface area contributed by atoms with Gasteiger partial charge in [0, 0.05) is 43.6 Å². The molecule has 5 rings (SSSR count). The Labute approximate surface area is 173 Å². The van der Waals surface area contributed by atoms with Crippen LogP contribution in [0.1, 0.15) is 35.8 Å². The summed E-state index contributed by atoms with van der Waals surface area (Å²) in [7, 11) is 0. The third-order valence-electron chi connectivity index (χ3n) is 5.69.